The topological polar surface area (TPSA) is 200 Å². The van der Waals surface area contributed by atoms with E-state index in [1.165, 1.54) is 4.57 Å². The van der Waals surface area contributed by atoms with Gasteiger partial charge in [0.1, 0.15) is 11.4 Å². The van der Waals surface area contributed by atoms with Crippen molar-refractivity contribution in [2.75, 3.05) is 37.8 Å². The first-order valence-corrected chi connectivity index (χ1v) is 19.8. The van der Waals surface area contributed by atoms with Crippen LogP contribution in [0.5, 0.6) is 5.75 Å². The van der Waals surface area contributed by atoms with Gasteiger partial charge in [-0.05, 0) is 90.6 Å². The lowest BCUT2D eigenvalue weighted by molar-refractivity contribution is 0.0953. The Balaban J connectivity index is 0.000000249. The Morgan fingerprint density at radius 2 is 1.55 bits per heavy atom. The van der Waals surface area contributed by atoms with E-state index in [0.717, 1.165) is 28.1 Å². The van der Waals surface area contributed by atoms with Gasteiger partial charge in [-0.25, -0.2) is 13.2 Å². The third kappa shape index (κ3) is 12.2. The van der Waals surface area contributed by atoms with Crippen molar-refractivity contribution in [2.45, 2.75) is 70.1 Å². The van der Waals surface area contributed by atoms with Crippen LogP contribution >= 0.6 is 0 Å². The number of aromatic nitrogens is 3. The van der Waals surface area contributed by atoms with Crippen LogP contribution in [-0.2, 0) is 20.7 Å². The summed E-state index contributed by atoms with van der Waals surface area (Å²) in [5.41, 5.74) is 14.9. The highest BCUT2D eigenvalue weighted by molar-refractivity contribution is 7.91. The Kier molecular flexibility index (Phi) is 13.9. The lowest BCUT2D eigenvalue weighted by Gasteiger charge is -2.19. The summed E-state index contributed by atoms with van der Waals surface area (Å²) in [5.74, 6) is 0.763. The van der Waals surface area contributed by atoms with Crippen molar-refractivity contribution in [1.29, 1.82) is 0 Å². The summed E-state index contributed by atoms with van der Waals surface area (Å²) in [4.78, 5) is 36.4. The zero-order valence-electron chi connectivity index (χ0n) is 32.8. The normalized spacial score (nSPS) is 11.7. The molecule has 14 heteroatoms. The fraction of sp³-hybridized carbons (Fsp3) is 0.366. The molecule has 55 heavy (non-hydrogen) atoms. The number of benzene rings is 3. The van der Waals surface area contributed by atoms with Crippen LogP contribution in [0, 0.1) is 0 Å². The fourth-order valence-electron chi connectivity index (χ4n) is 5.43. The first-order valence-electron chi connectivity index (χ1n) is 18.2. The molecule has 0 saturated carbocycles. The number of fused-ring (bicyclic) bond motifs is 1. The van der Waals surface area contributed by atoms with Gasteiger partial charge in [0.05, 0.1) is 23.4 Å². The SMILES string of the molecule is CC(C)(C)c1cc2cn(-c3ccc(C(=O)NCCCN=C(N)N)cc3)c(=O)nc2[nH]1.COc1ccc(NCCCS(=O)(=O)c2ccc(C(C)(C)C)cc2)cc1. The molecule has 1 amide bonds. The average Bonchev–Trinajstić information content (AvgIpc) is 3.57. The van der Waals surface area contributed by atoms with Crippen LogP contribution in [0.15, 0.2) is 99.7 Å². The highest BCUT2D eigenvalue weighted by Gasteiger charge is 2.19. The summed E-state index contributed by atoms with van der Waals surface area (Å²) in [5, 5.41) is 6.89. The Morgan fingerprint density at radius 3 is 2.13 bits per heavy atom. The second kappa shape index (κ2) is 18.1. The van der Waals surface area contributed by atoms with E-state index in [4.69, 9.17) is 16.2 Å². The quantitative estimate of drug-likeness (QED) is 0.0568. The molecule has 2 aromatic heterocycles. The van der Waals surface area contributed by atoms with Crippen molar-refractivity contribution in [3.8, 4) is 11.4 Å². The molecule has 2 heterocycles. The van der Waals surface area contributed by atoms with E-state index in [2.05, 4.69) is 67.1 Å². The van der Waals surface area contributed by atoms with Crippen molar-refractivity contribution in [3.63, 3.8) is 0 Å². The van der Waals surface area contributed by atoms with E-state index >= 15 is 0 Å². The average molecular weight is 771 g/mol. The minimum atomic E-state index is -3.25. The van der Waals surface area contributed by atoms with E-state index in [1.807, 2.05) is 42.5 Å². The largest absolute Gasteiger partial charge is 0.497 e. The number of aliphatic imine (C=N–C) groups is 1. The van der Waals surface area contributed by atoms with Crippen LogP contribution < -0.4 is 32.5 Å². The second-order valence-electron chi connectivity index (χ2n) is 15.2. The molecular formula is C41H54N8O5S. The summed E-state index contributed by atoms with van der Waals surface area (Å²) in [6.45, 7) is 14.1. The van der Waals surface area contributed by atoms with E-state index < -0.39 is 9.84 Å². The van der Waals surface area contributed by atoms with Gasteiger partial charge in [-0.2, -0.15) is 4.98 Å². The smallest absolute Gasteiger partial charge is 0.354 e. The maximum Gasteiger partial charge on any atom is 0.354 e. The summed E-state index contributed by atoms with van der Waals surface area (Å²) in [6, 6.07) is 23.6. The number of anilines is 1. The molecule has 0 aliphatic rings. The zero-order valence-corrected chi connectivity index (χ0v) is 33.6. The highest BCUT2D eigenvalue weighted by atomic mass is 32.2. The number of hydrogen-bond donors (Lipinski definition) is 5. The number of carbonyl (C=O) groups excluding carboxylic acids is 1. The molecule has 0 spiro atoms. The number of methoxy groups -OCH3 is 1. The summed E-state index contributed by atoms with van der Waals surface area (Å²) in [6.07, 6.45) is 2.94. The summed E-state index contributed by atoms with van der Waals surface area (Å²) >= 11 is 0. The molecule has 0 fully saturated rings. The van der Waals surface area contributed by atoms with Crippen molar-refractivity contribution in [2.24, 2.45) is 16.5 Å². The van der Waals surface area contributed by atoms with Gasteiger partial charge in [-0.15, -0.1) is 0 Å². The van der Waals surface area contributed by atoms with Crippen molar-refractivity contribution >= 4 is 38.4 Å². The Labute approximate surface area is 323 Å². The van der Waals surface area contributed by atoms with E-state index in [1.54, 1.807) is 49.7 Å². The lowest BCUT2D eigenvalue weighted by atomic mass is 9.87. The number of sulfone groups is 1. The minimum Gasteiger partial charge on any atom is -0.497 e. The van der Waals surface area contributed by atoms with Crippen LogP contribution in [0.4, 0.5) is 5.69 Å². The number of nitrogens with one attached hydrogen (secondary N) is 3. The number of rotatable bonds is 13. The monoisotopic (exact) mass is 770 g/mol. The Morgan fingerprint density at radius 1 is 0.891 bits per heavy atom. The lowest BCUT2D eigenvalue weighted by Crippen LogP contribution is -2.26. The molecule has 0 atom stereocenters. The number of amides is 1. The van der Waals surface area contributed by atoms with Crippen molar-refractivity contribution in [1.82, 2.24) is 19.9 Å². The van der Waals surface area contributed by atoms with Crippen LogP contribution in [-0.4, -0.2) is 67.3 Å². The van der Waals surface area contributed by atoms with Gasteiger partial charge >= 0.3 is 5.69 Å². The number of nitrogens with two attached hydrogens (primary N) is 2. The van der Waals surface area contributed by atoms with Gasteiger partial charge in [0.2, 0.25) is 0 Å². The number of guanidine groups is 1. The Hall–Kier alpha value is -5.63. The maximum atomic E-state index is 12.5. The molecule has 0 unspecified atom stereocenters. The predicted molar refractivity (Wildman–Crippen MR) is 221 cm³/mol. The van der Waals surface area contributed by atoms with Gasteiger partial charge in [0.15, 0.2) is 15.8 Å². The van der Waals surface area contributed by atoms with Crippen molar-refractivity contribution in [3.05, 3.63) is 112 Å². The summed E-state index contributed by atoms with van der Waals surface area (Å²) < 4.78 is 31.5. The fourth-order valence-corrected chi connectivity index (χ4v) is 6.74. The molecular weight excluding hydrogens is 717 g/mol. The molecule has 294 valence electrons. The number of carbonyl (C=O) groups is 1. The second-order valence-corrected chi connectivity index (χ2v) is 17.3. The maximum absolute atomic E-state index is 12.5. The molecule has 0 aliphatic heterocycles. The van der Waals surface area contributed by atoms with Crippen LogP contribution in [0.25, 0.3) is 16.7 Å². The molecule has 5 aromatic rings. The number of nitrogens with zero attached hydrogens (tertiary/aromatic N) is 3. The van der Waals surface area contributed by atoms with Gasteiger partial charge in [-0.3, -0.25) is 14.4 Å². The van der Waals surface area contributed by atoms with Crippen LogP contribution in [0.3, 0.4) is 0 Å². The molecule has 7 N–H and O–H groups in total. The van der Waals surface area contributed by atoms with Gasteiger partial charge < -0.3 is 31.8 Å². The third-order valence-corrected chi connectivity index (χ3v) is 10.5. The van der Waals surface area contributed by atoms with Crippen LogP contribution in [0.1, 0.15) is 76.0 Å². The molecule has 0 aliphatic carbocycles. The molecule has 13 nitrogen and oxygen atoms in total. The molecule has 0 radical (unpaired) electrons. The third-order valence-electron chi connectivity index (χ3n) is 8.73. The number of hydrogen-bond acceptors (Lipinski definition) is 8. The first kappa shape index (κ1) is 42.1. The molecule has 5 rings (SSSR count). The van der Waals surface area contributed by atoms with E-state index in [0.29, 0.717) is 54.3 Å². The first-order chi connectivity index (χ1) is 25.9. The van der Waals surface area contributed by atoms with Gasteiger partial charge in [0, 0.05) is 53.6 Å². The Bertz CT molecular complexity index is 2230. The van der Waals surface area contributed by atoms with E-state index in [9.17, 15) is 18.0 Å². The number of aromatic amines is 1. The molecule has 0 saturated heterocycles. The number of ether oxygens (including phenoxy) is 1. The minimum absolute atomic E-state index is 0.0184. The molecule has 3 aromatic carbocycles. The van der Waals surface area contributed by atoms with Gasteiger partial charge in [0.25, 0.3) is 5.91 Å². The summed E-state index contributed by atoms with van der Waals surface area (Å²) in [7, 11) is -1.62. The highest BCUT2D eigenvalue weighted by Crippen LogP contribution is 2.26. The number of H-pyrrole nitrogens is 1. The van der Waals surface area contributed by atoms with Crippen molar-refractivity contribution < 1.29 is 17.9 Å². The van der Waals surface area contributed by atoms with E-state index in [-0.39, 0.29) is 34.1 Å². The zero-order chi connectivity index (χ0) is 40.4. The van der Waals surface area contributed by atoms with Gasteiger partial charge in [-0.1, -0.05) is 53.7 Å². The standard InChI is InChI=1S/C21H27N7O2.C20H27NO3S/c1-21(2,3)16-11-14-12-28(20(30)27-17(14)26-16)15-7-5-13(6-8-15)18(29)24-9-4-10-25-19(22)23;1-20(2,3)16-6-12-19(13-7-16)25(22,23)15-5-14-21-17-8-10-18(24-4)11-9-17/h5-8,11-12H,4,9-10H2,1-3H3,(H,24,29)(H4,22,23,25)(H,26,27,30);6-13,21H,5,14-15H2,1-4H3. The predicted octanol–water partition coefficient (Wildman–Crippen LogP) is 5.67. The van der Waals surface area contributed by atoms with Crippen LogP contribution in [0.2, 0.25) is 0 Å². The molecule has 0 bridgehead atoms.